The maximum atomic E-state index is 5.47. The lowest BCUT2D eigenvalue weighted by molar-refractivity contribution is 0.267. The second kappa shape index (κ2) is 11.8. The van der Waals surface area contributed by atoms with Crippen molar-refractivity contribution in [2.24, 2.45) is 0 Å². The fourth-order valence-electron chi connectivity index (χ4n) is 5.47. The van der Waals surface area contributed by atoms with Gasteiger partial charge in [0.05, 0.1) is 30.0 Å². The van der Waals surface area contributed by atoms with Crippen molar-refractivity contribution in [3.8, 4) is 5.75 Å². The summed E-state index contributed by atoms with van der Waals surface area (Å²) in [5.74, 6) is 1.80. The van der Waals surface area contributed by atoms with Crippen molar-refractivity contribution >= 4 is 11.0 Å². The first kappa shape index (κ1) is 25.2. The summed E-state index contributed by atoms with van der Waals surface area (Å²) in [5.41, 5.74) is 8.11. The Kier molecular flexibility index (Phi) is 7.61. The van der Waals surface area contributed by atoms with Crippen LogP contribution in [0.5, 0.6) is 5.75 Å². The van der Waals surface area contributed by atoms with E-state index in [0.717, 1.165) is 79.4 Å². The van der Waals surface area contributed by atoms with Gasteiger partial charge in [-0.25, -0.2) is 4.98 Å². The molecule has 2 aromatic carbocycles. The normalized spacial score (nSPS) is 15.0. The zero-order valence-corrected chi connectivity index (χ0v) is 22.3. The highest BCUT2D eigenvalue weighted by Crippen LogP contribution is 2.35. The number of aromatic amines is 1. The number of para-hydroxylation sites is 2. The number of nitrogens with zero attached hydrogens (tertiary/aromatic N) is 4. The molecule has 6 rings (SSSR count). The van der Waals surface area contributed by atoms with Gasteiger partial charge in [-0.1, -0.05) is 42.5 Å². The molecule has 197 valence electrons. The molecule has 0 bridgehead atoms. The minimum Gasteiger partial charge on any atom is -0.495 e. The van der Waals surface area contributed by atoms with Crippen LogP contribution in [0.2, 0.25) is 0 Å². The molecule has 1 aliphatic rings. The van der Waals surface area contributed by atoms with Crippen LogP contribution in [0.1, 0.15) is 52.8 Å². The monoisotopic (exact) mass is 518 g/mol. The van der Waals surface area contributed by atoms with Crippen LogP contribution in [0, 0.1) is 0 Å². The topological polar surface area (TPSA) is 81.6 Å². The molecule has 0 amide bonds. The van der Waals surface area contributed by atoms with Crippen LogP contribution in [0.4, 0.5) is 0 Å². The van der Waals surface area contributed by atoms with Crippen molar-refractivity contribution in [3.63, 3.8) is 0 Å². The zero-order chi connectivity index (χ0) is 26.4. The molecule has 0 spiro atoms. The Hall–Kier alpha value is -4.07. The number of aromatic nitrogens is 4. The summed E-state index contributed by atoms with van der Waals surface area (Å²) in [6.45, 7) is 3.10. The first-order chi connectivity index (χ1) is 19.2. The van der Waals surface area contributed by atoms with Crippen LogP contribution in [-0.2, 0) is 32.6 Å². The third-order valence-corrected chi connectivity index (χ3v) is 7.45. The highest BCUT2D eigenvalue weighted by atomic mass is 16.5. The van der Waals surface area contributed by atoms with Crippen LogP contribution >= 0.6 is 0 Å². The first-order valence-electron chi connectivity index (χ1n) is 13.6. The van der Waals surface area contributed by atoms with Gasteiger partial charge in [0.2, 0.25) is 0 Å². The number of hydrogen-bond acceptors (Lipinski definition) is 6. The van der Waals surface area contributed by atoms with Crippen molar-refractivity contribution < 1.29 is 4.74 Å². The predicted molar refractivity (Wildman–Crippen MR) is 153 cm³/mol. The Morgan fingerprint density at radius 2 is 1.79 bits per heavy atom. The van der Waals surface area contributed by atoms with E-state index in [1.165, 1.54) is 16.7 Å². The van der Waals surface area contributed by atoms with Crippen molar-refractivity contribution in [2.45, 2.75) is 51.5 Å². The number of benzene rings is 2. The second-order valence-electron chi connectivity index (χ2n) is 10.2. The van der Waals surface area contributed by atoms with Gasteiger partial charge in [-0.15, -0.1) is 4.90 Å². The van der Waals surface area contributed by atoms with Crippen LogP contribution in [0.3, 0.4) is 0 Å². The highest BCUT2D eigenvalue weighted by Gasteiger charge is 2.36. The molecule has 5 aromatic rings. The number of H-pyrrole nitrogens is 1. The number of aryl methyl sites for hydroxylation is 1. The highest BCUT2D eigenvalue weighted by molar-refractivity contribution is 5.74. The van der Waals surface area contributed by atoms with Crippen LogP contribution in [0.15, 0.2) is 85.2 Å². The van der Waals surface area contributed by atoms with E-state index in [9.17, 15) is 0 Å². The molecule has 3 heterocycles. The smallest absolute Gasteiger partial charge is 0.181 e. The number of hydrogen-bond donors (Lipinski definition) is 2. The molecule has 7 heteroatoms. The third kappa shape index (κ3) is 6.00. The SMILES string of the molecule is COc1cnc2c(c1)CCCC2[N+](Cc1ccc(CNCc2ccccn2)cc1)Cc1nc2ccccc2[nH]1. The van der Waals surface area contributed by atoms with Gasteiger partial charge in [-0.05, 0) is 54.3 Å². The van der Waals surface area contributed by atoms with Crippen LogP contribution in [-0.4, -0.2) is 27.0 Å². The van der Waals surface area contributed by atoms with Gasteiger partial charge in [-0.2, -0.15) is 0 Å². The first-order valence-corrected chi connectivity index (χ1v) is 13.6. The standard InChI is InChI=1S/C32H34N6O/c1-39-27-17-25-7-6-11-30(32(25)35-20-27)38(22-31-36-28-9-2-3-10-29(28)37-31)21-24-14-12-23(13-15-24)18-33-19-26-8-4-5-16-34-26/h2-5,8-10,12-17,20,30,33H,6-7,11,18-19,21-22H2,1H3,(H,36,37)/q+1. The third-order valence-electron chi connectivity index (χ3n) is 7.45. The quantitative estimate of drug-likeness (QED) is 0.236. The molecule has 0 aliphatic heterocycles. The summed E-state index contributed by atoms with van der Waals surface area (Å²) in [6.07, 6.45) is 6.92. The van der Waals surface area contributed by atoms with Gasteiger partial charge >= 0.3 is 0 Å². The number of methoxy groups -OCH3 is 1. The molecule has 39 heavy (non-hydrogen) atoms. The molecule has 1 atom stereocenters. The number of ether oxygens (including phenoxy) is 1. The zero-order valence-electron chi connectivity index (χ0n) is 22.3. The number of fused-ring (bicyclic) bond motifs is 2. The molecular formula is C32H34N6O+. The Bertz CT molecular complexity index is 1480. The lowest BCUT2D eigenvalue weighted by Gasteiger charge is -2.27. The van der Waals surface area contributed by atoms with Crippen molar-refractivity contribution in [3.05, 3.63) is 119 Å². The number of imidazole rings is 1. The molecule has 0 saturated carbocycles. The van der Waals surface area contributed by atoms with Crippen molar-refractivity contribution in [1.82, 2.24) is 30.2 Å². The lowest BCUT2D eigenvalue weighted by Crippen LogP contribution is -2.36. The molecule has 2 N–H and O–H groups in total. The average molecular weight is 519 g/mol. The molecule has 3 aromatic heterocycles. The Balaban J connectivity index is 1.21. The number of nitrogens with one attached hydrogen (secondary N) is 2. The van der Waals surface area contributed by atoms with Gasteiger partial charge in [0, 0.05) is 31.3 Å². The Labute approximate surface area is 229 Å². The molecule has 0 saturated heterocycles. The van der Waals surface area contributed by atoms with Crippen molar-refractivity contribution in [2.75, 3.05) is 7.11 Å². The van der Waals surface area contributed by atoms with E-state index in [-0.39, 0.29) is 6.04 Å². The molecule has 1 radical (unpaired) electrons. The van der Waals surface area contributed by atoms with Gasteiger partial charge in [-0.3, -0.25) is 9.97 Å². The largest absolute Gasteiger partial charge is 0.495 e. The van der Waals surface area contributed by atoms with Crippen LogP contribution < -0.4 is 15.0 Å². The number of pyridine rings is 2. The minimum atomic E-state index is 0.215. The van der Waals surface area contributed by atoms with E-state index in [0.29, 0.717) is 0 Å². The summed E-state index contributed by atoms with van der Waals surface area (Å²) in [5, 5.41) is 3.49. The maximum Gasteiger partial charge on any atom is 0.181 e. The summed E-state index contributed by atoms with van der Waals surface area (Å²) < 4.78 is 5.47. The Morgan fingerprint density at radius 1 is 0.949 bits per heavy atom. The molecule has 0 fully saturated rings. The van der Waals surface area contributed by atoms with Gasteiger partial charge in [0.25, 0.3) is 0 Å². The minimum absolute atomic E-state index is 0.215. The van der Waals surface area contributed by atoms with Crippen molar-refractivity contribution in [1.29, 1.82) is 0 Å². The summed E-state index contributed by atoms with van der Waals surface area (Å²) in [4.78, 5) is 20.2. The van der Waals surface area contributed by atoms with E-state index >= 15 is 0 Å². The second-order valence-corrected chi connectivity index (χ2v) is 10.2. The predicted octanol–water partition coefficient (Wildman–Crippen LogP) is 5.57. The summed E-state index contributed by atoms with van der Waals surface area (Å²) in [7, 11) is 1.70. The molecule has 7 nitrogen and oxygen atoms in total. The van der Waals surface area contributed by atoms with E-state index in [4.69, 9.17) is 14.7 Å². The molecule has 1 unspecified atom stereocenters. The summed E-state index contributed by atoms with van der Waals surface area (Å²) >= 11 is 0. The fraction of sp³-hybridized carbons (Fsp3) is 0.281. The van der Waals surface area contributed by atoms with Gasteiger partial charge < -0.3 is 15.0 Å². The average Bonchev–Trinajstić information content (AvgIpc) is 3.40. The maximum absolute atomic E-state index is 5.47. The van der Waals surface area contributed by atoms with E-state index in [1.807, 2.05) is 42.7 Å². The molecular weight excluding hydrogens is 484 g/mol. The van der Waals surface area contributed by atoms with E-state index in [2.05, 4.69) is 62.6 Å². The van der Waals surface area contributed by atoms with E-state index < -0.39 is 0 Å². The summed E-state index contributed by atoms with van der Waals surface area (Å²) in [6, 6.07) is 25.5. The number of rotatable bonds is 10. The van der Waals surface area contributed by atoms with E-state index in [1.54, 1.807) is 7.11 Å². The van der Waals surface area contributed by atoms with Gasteiger partial charge in [0.1, 0.15) is 18.0 Å². The van der Waals surface area contributed by atoms with Crippen LogP contribution in [0.25, 0.3) is 11.0 Å². The van der Waals surface area contributed by atoms with Gasteiger partial charge in [0.15, 0.2) is 18.4 Å². The molecule has 1 aliphatic carbocycles. The fourth-order valence-corrected chi connectivity index (χ4v) is 5.47. The lowest BCUT2D eigenvalue weighted by atomic mass is 9.90. The Morgan fingerprint density at radius 3 is 2.62 bits per heavy atom.